The van der Waals surface area contributed by atoms with Crippen LogP contribution in [0.5, 0.6) is 5.88 Å². The van der Waals surface area contributed by atoms with Crippen molar-refractivity contribution >= 4 is 11.5 Å². The highest BCUT2D eigenvalue weighted by molar-refractivity contribution is 5.80. The lowest BCUT2D eigenvalue weighted by molar-refractivity contribution is -0.122. The minimum absolute atomic E-state index is 0.0151. The first-order valence-corrected chi connectivity index (χ1v) is 12.2. The van der Waals surface area contributed by atoms with Crippen molar-refractivity contribution in [1.82, 2.24) is 20.3 Å². The summed E-state index contributed by atoms with van der Waals surface area (Å²) in [5.41, 5.74) is 3.30. The Morgan fingerprint density at radius 2 is 1.82 bits per heavy atom. The van der Waals surface area contributed by atoms with Crippen molar-refractivity contribution in [3.05, 3.63) is 76.7 Å². The van der Waals surface area contributed by atoms with Gasteiger partial charge in [0.05, 0.1) is 6.54 Å². The summed E-state index contributed by atoms with van der Waals surface area (Å²) in [6.45, 7) is -0.460. The highest BCUT2D eigenvalue weighted by Gasteiger charge is 2.29. The molecular weight excluding hydrogens is 504 g/mol. The predicted molar refractivity (Wildman–Crippen MR) is 133 cm³/mol. The van der Waals surface area contributed by atoms with Gasteiger partial charge >= 0.3 is 13.2 Å². The number of hydrogen-bond donors (Lipinski definition) is 1. The van der Waals surface area contributed by atoms with Crippen LogP contribution in [0.25, 0.3) is 5.57 Å². The van der Waals surface area contributed by atoms with Gasteiger partial charge in [-0.15, -0.1) is 0 Å². The van der Waals surface area contributed by atoms with Crippen molar-refractivity contribution in [2.24, 2.45) is 5.92 Å². The zero-order valence-electron chi connectivity index (χ0n) is 21.4. The Morgan fingerprint density at radius 1 is 1.11 bits per heavy atom. The van der Waals surface area contributed by atoms with Crippen molar-refractivity contribution < 1.29 is 31.8 Å². The van der Waals surface area contributed by atoms with E-state index in [0.29, 0.717) is 17.8 Å². The lowest BCUT2D eigenvalue weighted by atomic mass is 9.99. The maximum Gasteiger partial charge on any atom is 0.388 e. The molecule has 2 heterocycles. The molecule has 11 heteroatoms. The van der Waals surface area contributed by atoms with E-state index in [1.165, 1.54) is 31.3 Å². The third-order valence-electron chi connectivity index (χ3n) is 6.00. The zero-order valence-corrected chi connectivity index (χ0v) is 21.4. The molecule has 0 radical (unpaired) electrons. The lowest BCUT2D eigenvalue weighted by Crippen LogP contribution is -2.25. The van der Waals surface area contributed by atoms with E-state index in [0.717, 1.165) is 36.0 Å². The molecule has 0 aliphatic heterocycles. The van der Waals surface area contributed by atoms with Gasteiger partial charge in [-0.05, 0) is 67.5 Å². The molecule has 2 aromatic rings. The summed E-state index contributed by atoms with van der Waals surface area (Å²) in [4.78, 5) is 24.2. The number of hydrogen-bond acceptors (Lipinski definition) is 6. The molecule has 1 fully saturated rings. The van der Waals surface area contributed by atoms with Gasteiger partial charge in [-0.3, -0.25) is 4.79 Å². The van der Waals surface area contributed by atoms with Gasteiger partial charge in [0.15, 0.2) is 0 Å². The molecule has 0 atom stereocenters. The second-order valence-corrected chi connectivity index (χ2v) is 8.80. The lowest BCUT2D eigenvalue weighted by Gasteiger charge is -2.13. The van der Waals surface area contributed by atoms with Crippen LogP contribution < -0.4 is 10.1 Å². The minimum atomic E-state index is -3.09. The third-order valence-corrected chi connectivity index (χ3v) is 6.00. The minimum Gasteiger partial charge on any atom is -0.435 e. The summed E-state index contributed by atoms with van der Waals surface area (Å²) in [6.07, 6.45) is 10.7. The SMILES string of the molecule is CC/C(C)=C(/C=C\C(OC(F)F)=C(/C)c1ccnc(OC(F)F)c1)Cc1cnc(CNC(=O)C2CC2)nc1. The first kappa shape index (κ1) is 28.8. The molecule has 204 valence electrons. The first-order valence-electron chi connectivity index (χ1n) is 12.2. The standard InChI is InChI=1S/C27H30F4N4O3/c1-4-16(2)20(11-18-13-33-23(34-14-18)15-35-25(36)19-5-6-19)7-8-22(37-26(28)29)17(3)21-9-10-32-24(12-21)38-27(30)31/h7-10,12-14,19,26-27H,4-6,11,15H2,1-3H3,(H,35,36)/b8-7-,20-16-,22-17-. The Kier molecular flexibility index (Phi) is 10.4. The van der Waals surface area contributed by atoms with Gasteiger partial charge in [0.25, 0.3) is 0 Å². The quantitative estimate of drug-likeness (QED) is 0.193. The number of halogens is 4. The van der Waals surface area contributed by atoms with E-state index in [9.17, 15) is 22.4 Å². The van der Waals surface area contributed by atoms with Crippen LogP contribution >= 0.6 is 0 Å². The van der Waals surface area contributed by atoms with Crippen LogP contribution in [0.3, 0.4) is 0 Å². The van der Waals surface area contributed by atoms with E-state index in [-0.39, 0.29) is 35.6 Å². The number of allylic oxidation sites excluding steroid dienone is 5. The van der Waals surface area contributed by atoms with Crippen LogP contribution in [0.1, 0.15) is 57.0 Å². The van der Waals surface area contributed by atoms with E-state index >= 15 is 0 Å². The van der Waals surface area contributed by atoms with Crippen LogP contribution in [0.15, 0.2) is 59.8 Å². The Hall–Kier alpha value is -3.76. The van der Waals surface area contributed by atoms with Crippen molar-refractivity contribution in [2.75, 3.05) is 0 Å². The average molecular weight is 535 g/mol. The van der Waals surface area contributed by atoms with E-state index in [1.54, 1.807) is 18.5 Å². The highest BCUT2D eigenvalue weighted by atomic mass is 19.3. The normalized spacial score (nSPS) is 15.0. The summed E-state index contributed by atoms with van der Waals surface area (Å²) < 4.78 is 60.6. The summed E-state index contributed by atoms with van der Waals surface area (Å²) in [6, 6.07) is 2.71. The van der Waals surface area contributed by atoms with E-state index in [2.05, 4.69) is 25.0 Å². The maximum absolute atomic E-state index is 13.2. The van der Waals surface area contributed by atoms with Gasteiger partial charge in [0.1, 0.15) is 11.6 Å². The molecule has 0 unspecified atom stereocenters. The molecule has 1 aliphatic carbocycles. The summed E-state index contributed by atoms with van der Waals surface area (Å²) in [7, 11) is 0. The number of rotatable bonds is 13. The Balaban J connectivity index is 1.79. The fraction of sp³-hybridized carbons (Fsp3) is 0.407. The number of carbonyl (C=O) groups excluding carboxylic acids is 1. The Bertz CT molecular complexity index is 1190. The van der Waals surface area contributed by atoms with Gasteiger partial charge in [-0.2, -0.15) is 17.6 Å². The molecule has 0 spiro atoms. The largest absolute Gasteiger partial charge is 0.435 e. The van der Waals surface area contributed by atoms with Crippen LogP contribution in [-0.4, -0.2) is 34.1 Å². The van der Waals surface area contributed by atoms with Crippen LogP contribution in [0, 0.1) is 5.92 Å². The number of nitrogens with zero attached hydrogens (tertiary/aromatic N) is 3. The number of aromatic nitrogens is 3. The summed E-state index contributed by atoms with van der Waals surface area (Å²) in [5, 5.41) is 2.82. The molecular formula is C27H30F4N4O3. The number of ether oxygens (including phenoxy) is 2. The van der Waals surface area contributed by atoms with Crippen molar-refractivity contribution in [1.29, 1.82) is 0 Å². The monoisotopic (exact) mass is 534 g/mol. The molecule has 0 aromatic carbocycles. The van der Waals surface area contributed by atoms with Crippen molar-refractivity contribution in [3.8, 4) is 5.88 Å². The molecule has 7 nitrogen and oxygen atoms in total. The topological polar surface area (TPSA) is 86.2 Å². The van der Waals surface area contributed by atoms with Crippen LogP contribution in [0.2, 0.25) is 0 Å². The molecule has 1 aliphatic rings. The average Bonchev–Trinajstić information content (AvgIpc) is 3.74. The van der Waals surface area contributed by atoms with Crippen LogP contribution in [-0.2, 0) is 22.5 Å². The smallest absolute Gasteiger partial charge is 0.388 e. The summed E-state index contributed by atoms with van der Waals surface area (Å²) >= 11 is 0. The maximum atomic E-state index is 13.2. The zero-order chi connectivity index (χ0) is 27.7. The van der Waals surface area contributed by atoms with E-state index < -0.39 is 13.2 Å². The molecule has 1 saturated carbocycles. The van der Waals surface area contributed by atoms with Gasteiger partial charge in [-0.1, -0.05) is 18.6 Å². The molecule has 1 amide bonds. The number of amides is 1. The highest BCUT2D eigenvalue weighted by Crippen LogP contribution is 2.29. The Labute approximate surface area is 218 Å². The summed E-state index contributed by atoms with van der Waals surface area (Å²) in [5.74, 6) is 0.147. The molecule has 0 saturated heterocycles. The third kappa shape index (κ3) is 8.97. The number of carbonyl (C=O) groups is 1. The molecule has 3 rings (SSSR count). The van der Waals surface area contributed by atoms with E-state index in [1.807, 2.05) is 13.8 Å². The van der Waals surface area contributed by atoms with Gasteiger partial charge in [0.2, 0.25) is 11.8 Å². The molecule has 0 bridgehead atoms. The number of pyridine rings is 1. The van der Waals surface area contributed by atoms with Gasteiger partial charge in [0, 0.05) is 37.0 Å². The fourth-order valence-electron chi connectivity index (χ4n) is 3.48. The van der Waals surface area contributed by atoms with Crippen molar-refractivity contribution in [3.63, 3.8) is 0 Å². The van der Waals surface area contributed by atoms with Gasteiger partial charge < -0.3 is 14.8 Å². The predicted octanol–water partition coefficient (Wildman–Crippen LogP) is 5.99. The molecule has 1 N–H and O–H groups in total. The van der Waals surface area contributed by atoms with Crippen LogP contribution in [0.4, 0.5) is 17.6 Å². The number of alkyl halides is 4. The second kappa shape index (κ2) is 13.7. The van der Waals surface area contributed by atoms with Crippen molar-refractivity contribution in [2.45, 2.75) is 66.2 Å². The Morgan fingerprint density at radius 3 is 2.42 bits per heavy atom. The molecule has 38 heavy (non-hydrogen) atoms. The van der Waals surface area contributed by atoms with E-state index in [4.69, 9.17) is 4.74 Å². The second-order valence-electron chi connectivity index (χ2n) is 8.80. The fourth-order valence-corrected chi connectivity index (χ4v) is 3.48. The first-order chi connectivity index (χ1) is 18.2. The molecule has 2 aromatic heterocycles. The number of nitrogens with one attached hydrogen (secondary N) is 1. The van der Waals surface area contributed by atoms with Gasteiger partial charge in [-0.25, -0.2) is 15.0 Å².